The molecule has 1 aliphatic heterocycles. The third kappa shape index (κ3) is 21.7. The molecular weight excluding hydrogens is 799 g/mol. The van der Waals surface area contributed by atoms with Gasteiger partial charge in [-0.05, 0) is 49.9 Å². The van der Waals surface area contributed by atoms with Crippen molar-refractivity contribution in [2.24, 2.45) is 0 Å². The standard InChI is InChI=1S/C26H38N6.3NO3.3H2O.Tm/c1-2-12-24-23(11-1)27-15-19-7-5-9-21(31-19)17-29-25-13-3-4-14-26(25)30-18-22-10-6-8-20(32-22)16-28-24;3*2-1(3)4;;;;/h5-10,23-30H,1-4,11-18H2;;;;3*1H2;/q;3*-1;;;;+3/p+2/t23-,24-,25-,26-;;;;;;;/m1......./s1. The number of hydrogen-bond acceptors (Lipinski definition) is 15. The minimum absolute atomic E-state index is 0. The van der Waals surface area contributed by atoms with Crippen molar-refractivity contribution in [1.82, 2.24) is 31.2 Å². The van der Waals surface area contributed by atoms with Gasteiger partial charge >= 0.3 is 36.9 Å². The van der Waals surface area contributed by atoms with Gasteiger partial charge in [0.25, 0.3) is 0 Å². The zero-order valence-electron chi connectivity index (χ0n) is 26.1. The summed E-state index contributed by atoms with van der Waals surface area (Å²) < 4.78 is 0. The number of hydrogen-bond donors (Lipinski definition) is 4. The van der Waals surface area contributed by atoms with Crippen LogP contribution in [0.1, 0.15) is 74.1 Å². The predicted octanol–water partition coefficient (Wildman–Crippen LogP) is -0.215. The van der Waals surface area contributed by atoms with Crippen LogP contribution in [0.3, 0.4) is 0 Å². The van der Waals surface area contributed by atoms with Crippen molar-refractivity contribution in [3.8, 4) is 0 Å². The summed E-state index contributed by atoms with van der Waals surface area (Å²) in [6, 6.07) is 14.9. The Morgan fingerprint density at radius 1 is 0.500 bits per heavy atom. The maximum absolute atomic E-state index is 8.25. The Morgan fingerprint density at radius 3 is 0.875 bits per heavy atom. The second-order valence-electron chi connectivity index (χ2n) is 10.4. The van der Waals surface area contributed by atoms with Crippen LogP contribution in [0.4, 0.5) is 0 Å². The molecule has 0 spiro atoms. The Morgan fingerprint density at radius 2 is 0.688 bits per heavy atom. The van der Waals surface area contributed by atoms with Crippen molar-refractivity contribution in [3.63, 3.8) is 0 Å². The first-order chi connectivity index (χ1) is 21.0. The van der Waals surface area contributed by atoms with Crippen molar-refractivity contribution < 1.29 is 68.6 Å². The van der Waals surface area contributed by atoms with Crippen molar-refractivity contribution in [1.29, 1.82) is 0 Å². The number of fused-ring (bicyclic) bond motifs is 6. The van der Waals surface area contributed by atoms with E-state index >= 15 is 0 Å². The van der Waals surface area contributed by atoms with E-state index in [1.807, 2.05) is 0 Å². The molecule has 3 aliphatic rings. The topological polar surface area (TPSA) is 370 Å². The Balaban J connectivity index is -0.00000110. The minimum atomic E-state index is -1.75. The zero-order valence-corrected chi connectivity index (χ0v) is 27.9. The molecule has 2 aromatic heterocycles. The molecule has 21 nitrogen and oxygen atoms in total. The molecule has 0 saturated heterocycles. The number of nitrogens with zero attached hydrogens (tertiary/aromatic N) is 5. The predicted molar refractivity (Wildman–Crippen MR) is 172 cm³/mol. The van der Waals surface area contributed by atoms with Crippen molar-refractivity contribution in [2.75, 3.05) is 0 Å². The SMILES string of the molecule is O.O=[N+]([O-])[O-].O=[N+]([O-])[O-].O=[N+]([O-])[O-].[OH3+].[OH3+].[Tm+3].c1cc2nc(c1)CN[C@@H]1CCCC[C@H]1NCc1cccc(n1)CN[C@@H]1CCCC[C@H]1NC2. The van der Waals surface area contributed by atoms with Gasteiger partial charge in [-0.3, -0.25) is 9.97 Å². The van der Waals surface area contributed by atoms with E-state index in [-0.39, 0.29) is 53.3 Å². The maximum atomic E-state index is 8.25. The molecule has 4 bridgehead atoms. The van der Waals surface area contributed by atoms with Crippen LogP contribution >= 0.6 is 0 Å². The van der Waals surface area contributed by atoms with E-state index in [0.717, 1.165) is 49.0 Å². The van der Waals surface area contributed by atoms with Crippen LogP contribution in [-0.2, 0) is 37.1 Å². The fourth-order valence-electron chi connectivity index (χ4n) is 5.63. The summed E-state index contributed by atoms with van der Waals surface area (Å²) >= 11 is 0. The molecule has 5 rings (SSSR count). The monoisotopic (exact) mass is 845 g/mol. The molecule has 48 heavy (non-hydrogen) atoms. The van der Waals surface area contributed by atoms with E-state index in [2.05, 4.69) is 57.7 Å². The summed E-state index contributed by atoms with van der Waals surface area (Å²) in [4.78, 5) is 34.7. The van der Waals surface area contributed by atoms with E-state index in [0.29, 0.717) is 24.2 Å². The summed E-state index contributed by atoms with van der Waals surface area (Å²) in [5.41, 5.74) is 4.56. The summed E-state index contributed by atoms with van der Waals surface area (Å²) in [5.74, 6) is 0. The molecule has 2 fully saturated rings. The number of pyridine rings is 2. The van der Waals surface area contributed by atoms with Crippen LogP contribution in [0, 0.1) is 82.8 Å². The van der Waals surface area contributed by atoms with Crippen molar-refractivity contribution in [3.05, 3.63) is 105 Å². The van der Waals surface area contributed by atoms with Gasteiger partial charge in [-0.2, -0.15) is 0 Å². The van der Waals surface area contributed by atoms with E-state index in [1.165, 1.54) is 51.4 Å². The molecule has 3 heterocycles. The largest absolute Gasteiger partial charge is 3.00 e. The number of rotatable bonds is 0. The van der Waals surface area contributed by atoms with E-state index in [4.69, 9.17) is 55.9 Å². The van der Waals surface area contributed by atoms with Gasteiger partial charge in [0.05, 0.1) is 38.0 Å². The molecule has 0 unspecified atom stereocenters. The molecule has 2 aliphatic carbocycles. The zero-order chi connectivity index (χ0) is 32.3. The van der Waals surface area contributed by atoms with Gasteiger partial charge < -0.3 is 83.7 Å². The Labute approximate surface area is 305 Å². The van der Waals surface area contributed by atoms with E-state index in [9.17, 15) is 0 Å². The van der Waals surface area contributed by atoms with Crippen LogP contribution in [0.2, 0.25) is 0 Å². The molecule has 2 saturated carbocycles. The molecule has 4 atom stereocenters. The first-order valence-corrected chi connectivity index (χ1v) is 14.3. The van der Waals surface area contributed by atoms with Gasteiger partial charge in [0, 0.05) is 50.3 Å². The van der Waals surface area contributed by atoms with Crippen LogP contribution in [-0.4, -0.2) is 54.9 Å². The molecule has 0 aromatic carbocycles. The van der Waals surface area contributed by atoms with Crippen molar-refractivity contribution in [2.45, 2.75) is 102 Å². The summed E-state index contributed by atoms with van der Waals surface area (Å²) in [7, 11) is 0. The summed E-state index contributed by atoms with van der Waals surface area (Å²) in [5, 5.41) is 59.5. The van der Waals surface area contributed by atoms with Gasteiger partial charge in [-0.25, -0.2) is 0 Å². The Kier molecular flexibility index (Phi) is 28.5. The molecule has 2 aromatic rings. The second-order valence-corrected chi connectivity index (χ2v) is 10.4. The quantitative estimate of drug-likeness (QED) is 0.151. The molecule has 12 N–H and O–H groups in total. The van der Waals surface area contributed by atoms with Gasteiger partial charge in [0.2, 0.25) is 0 Å². The van der Waals surface area contributed by atoms with Crippen LogP contribution in [0.15, 0.2) is 36.4 Å². The summed E-state index contributed by atoms with van der Waals surface area (Å²) in [6.45, 7) is 3.33. The number of nitrogens with one attached hydrogen (secondary N) is 4. The first kappa shape index (κ1) is 49.2. The molecular formula is C26H46N9O12Tm+2. The Hall–Kier alpha value is -3.15. The first-order valence-electron chi connectivity index (χ1n) is 14.3. The third-order valence-corrected chi connectivity index (χ3v) is 7.44. The molecule has 278 valence electrons. The average molecular weight is 846 g/mol. The fourth-order valence-corrected chi connectivity index (χ4v) is 5.63. The normalized spacial score (nSPS) is 21.3. The smallest absolute Gasteiger partial charge is 0.457 e. The minimum Gasteiger partial charge on any atom is -0.457 e. The van der Waals surface area contributed by atoms with Crippen molar-refractivity contribution >= 4 is 0 Å². The average Bonchev–Trinajstić information content (AvgIpc) is 2.97. The van der Waals surface area contributed by atoms with Crippen LogP contribution in [0.5, 0.6) is 0 Å². The number of aromatic nitrogens is 2. The maximum Gasteiger partial charge on any atom is 3.00 e. The molecule has 22 heteroatoms. The molecule has 0 radical (unpaired) electrons. The van der Waals surface area contributed by atoms with Gasteiger partial charge in [-0.1, -0.05) is 37.8 Å². The fraction of sp³-hybridized carbons (Fsp3) is 0.615. The molecule has 0 amide bonds. The Bertz CT molecular complexity index is 1020. The van der Waals surface area contributed by atoms with E-state index < -0.39 is 15.3 Å². The van der Waals surface area contributed by atoms with E-state index in [1.54, 1.807) is 0 Å². The van der Waals surface area contributed by atoms with Gasteiger partial charge in [0.15, 0.2) is 0 Å². The van der Waals surface area contributed by atoms with Crippen LogP contribution in [0.25, 0.3) is 0 Å². The second kappa shape index (κ2) is 27.8. The van der Waals surface area contributed by atoms with Gasteiger partial charge in [0.1, 0.15) is 0 Å². The van der Waals surface area contributed by atoms with Crippen LogP contribution < -0.4 is 21.3 Å². The summed E-state index contributed by atoms with van der Waals surface area (Å²) in [6.07, 6.45) is 10.1. The van der Waals surface area contributed by atoms with Gasteiger partial charge in [-0.15, -0.1) is 0 Å². The third-order valence-electron chi connectivity index (χ3n) is 7.44.